The molecule has 0 aromatic carbocycles. The van der Waals surface area contributed by atoms with E-state index in [9.17, 15) is 8.42 Å². The molecular weight excluding hydrogens is 238 g/mol. The van der Waals surface area contributed by atoms with Crippen molar-refractivity contribution < 1.29 is 8.42 Å². The van der Waals surface area contributed by atoms with Crippen LogP contribution < -0.4 is 5.32 Å². The Morgan fingerprint density at radius 1 is 1.29 bits per heavy atom. The molecule has 0 bridgehead atoms. The Hall–Kier alpha value is -0.170. The molecule has 0 spiro atoms. The summed E-state index contributed by atoms with van der Waals surface area (Å²) in [4.78, 5) is 0. The zero-order chi connectivity index (χ0) is 12.9. The van der Waals surface area contributed by atoms with Crippen LogP contribution in [0.1, 0.15) is 33.6 Å². The summed E-state index contributed by atoms with van der Waals surface area (Å²) in [5.74, 6) is 0. The topological polar surface area (TPSA) is 52.7 Å². The molecular formula is C11H25N3O2S. The second-order valence-corrected chi connectivity index (χ2v) is 6.45. The highest BCUT2D eigenvalue weighted by Gasteiger charge is 2.33. The Labute approximate surface area is 105 Å². The van der Waals surface area contributed by atoms with Crippen LogP contribution in [0.15, 0.2) is 0 Å². The first-order valence-electron chi connectivity index (χ1n) is 6.51. The van der Waals surface area contributed by atoms with Crippen LogP contribution in [0, 0.1) is 0 Å². The molecule has 6 heteroatoms. The lowest BCUT2D eigenvalue weighted by Crippen LogP contribution is -2.56. The molecule has 17 heavy (non-hydrogen) atoms. The van der Waals surface area contributed by atoms with Gasteiger partial charge in [-0.05, 0) is 19.8 Å². The predicted molar refractivity (Wildman–Crippen MR) is 70.1 cm³/mol. The van der Waals surface area contributed by atoms with Gasteiger partial charge in [-0.2, -0.15) is 17.0 Å². The molecule has 5 nitrogen and oxygen atoms in total. The molecule has 0 aliphatic carbocycles. The lowest BCUT2D eigenvalue weighted by Gasteiger charge is -2.36. The Bertz CT molecular complexity index is 313. The van der Waals surface area contributed by atoms with Crippen molar-refractivity contribution in [2.45, 2.75) is 39.7 Å². The van der Waals surface area contributed by atoms with Gasteiger partial charge in [-0.1, -0.05) is 13.8 Å². The minimum Gasteiger partial charge on any atom is -0.314 e. The Kier molecular flexibility index (Phi) is 5.85. The Morgan fingerprint density at radius 2 is 1.88 bits per heavy atom. The van der Waals surface area contributed by atoms with E-state index in [1.165, 1.54) is 0 Å². The fourth-order valence-electron chi connectivity index (χ4n) is 2.15. The maximum Gasteiger partial charge on any atom is 0.282 e. The van der Waals surface area contributed by atoms with Gasteiger partial charge in [-0.3, -0.25) is 0 Å². The van der Waals surface area contributed by atoms with Crippen LogP contribution in [-0.2, 0) is 10.2 Å². The SMILES string of the molecule is CCCN(CCC)S(=O)(=O)N1CCNCC1C. The maximum atomic E-state index is 12.5. The third-order valence-electron chi connectivity index (χ3n) is 3.01. The van der Waals surface area contributed by atoms with Crippen molar-refractivity contribution in [2.75, 3.05) is 32.7 Å². The van der Waals surface area contributed by atoms with E-state index in [1.54, 1.807) is 8.61 Å². The number of nitrogens with zero attached hydrogens (tertiary/aromatic N) is 2. The highest BCUT2D eigenvalue weighted by atomic mass is 32.2. The van der Waals surface area contributed by atoms with Crippen LogP contribution in [-0.4, -0.2) is 55.8 Å². The highest BCUT2D eigenvalue weighted by Crippen LogP contribution is 2.15. The zero-order valence-corrected chi connectivity index (χ0v) is 12.0. The van der Waals surface area contributed by atoms with Gasteiger partial charge in [0.25, 0.3) is 10.2 Å². The lowest BCUT2D eigenvalue weighted by atomic mass is 10.3. The van der Waals surface area contributed by atoms with Crippen LogP contribution in [0.2, 0.25) is 0 Å². The highest BCUT2D eigenvalue weighted by molar-refractivity contribution is 7.86. The van der Waals surface area contributed by atoms with Crippen molar-refractivity contribution >= 4 is 10.2 Å². The average Bonchev–Trinajstić information content (AvgIpc) is 2.29. The van der Waals surface area contributed by atoms with E-state index in [0.717, 1.165) is 25.9 Å². The molecule has 1 aliphatic rings. The van der Waals surface area contributed by atoms with Crippen LogP contribution in [0.4, 0.5) is 0 Å². The van der Waals surface area contributed by atoms with Crippen LogP contribution in [0.5, 0.6) is 0 Å². The van der Waals surface area contributed by atoms with E-state index in [2.05, 4.69) is 5.32 Å². The first-order valence-corrected chi connectivity index (χ1v) is 7.91. The fourth-order valence-corrected chi connectivity index (χ4v) is 4.13. The summed E-state index contributed by atoms with van der Waals surface area (Å²) in [5.41, 5.74) is 0. The summed E-state index contributed by atoms with van der Waals surface area (Å²) in [6, 6.07) is 0.0463. The predicted octanol–water partition coefficient (Wildman–Crippen LogP) is 0.647. The molecule has 1 unspecified atom stereocenters. The standard InChI is InChI=1S/C11H25N3O2S/c1-4-7-13(8-5-2)17(15,16)14-9-6-12-10-11(14)3/h11-12H,4-10H2,1-3H3. The summed E-state index contributed by atoms with van der Waals surface area (Å²) in [7, 11) is -3.27. The number of piperazine rings is 1. The van der Waals surface area contributed by atoms with Gasteiger partial charge in [-0.25, -0.2) is 0 Å². The van der Waals surface area contributed by atoms with E-state index in [-0.39, 0.29) is 6.04 Å². The monoisotopic (exact) mass is 263 g/mol. The van der Waals surface area contributed by atoms with Gasteiger partial charge in [-0.15, -0.1) is 0 Å². The third-order valence-corrected chi connectivity index (χ3v) is 5.16. The van der Waals surface area contributed by atoms with E-state index in [0.29, 0.717) is 19.6 Å². The first kappa shape index (κ1) is 14.9. The van der Waals surface area contributed by atoms with Crippen LogP contribution in [0.3, 0.4) is 0 Å². The molecule has 0 radical (unpaired) electrons. The lowest BCUT2D eigenvalue weighted by molar-refractivity contribution is 0.256. The quantitative estimate of drug-likeness (QED) is 0.765. The van der Waals surface area contributed by atoms with Gasteiger partial charge in [0, 0.05) is 38.8 Å². The average molecular weight is 263 g/mol. The smallest absolute Gasteiger partial charge is 0.282 e. The van der Waals surface area contributed by atoms with Crippen LogP contribution >= 0.6 is 0 Å². The van der Waals surface area contributed by atoms with Gasteiger partial charge in [0.15, 0.2) is 0 Å². The summed E-state index contributed by atoms with van der Waals surface area (Å²) in [6.45, 7) is 9.28. The fraction of sp³-hybridized carbons (Fsp3) is 1.00. The number of hydrogen-bond donors (Lipinski definition) is 1. The van der Waals surface area contributed by atoms with Gasteiger partial charge >= 0.3 is 0 Å². The van der Waals surface area contributed by atoms with Crippen LogP contribution in [0.25, 0.3) is 0 Å². The molecule has 1 fully saturated rings. The van der Waals surface area contributed by atoms with Crippen molar-refractivity contribution in [1.82, 2.24) is 13.9 Å². The van der Waals surface area contributed by atoms with E-state index < -0.39 is 10.2 Å². The second-order valence-electron chi connectivity index (χ2n) is 4.57. The summed E-state index contributed by atoms with van der Waals surface area (Å²) < 4.78 is 28.3. The summed E-state index contributed by atoms with van der Waals surface area (Å²) in [5, 5.41) is 3.21. The molecule has 1 heterocycles. The third kappa shape index (κ3) is 3.64. The molecule has 0 saturated carbocycles. The minimum atomic E-state index is -3.27. The van der Waals surface area contributed by atoms with Crippen molar-refractivity contribution in [3.05, 3.63) is 0 Å². The number of hydrogen-bond acceptors (Lipinski definition) is 3. The molecule has 1 rings (SSSR count). The number of nitrogens with one attached hydrogen (secondary N) is 1. The second kappa shape index (κ2) is 6.68. The Morgan fingerprint density at radius 3 is 2.35 bits per heavy atom. The van der Waals surface area contributed by atoms with Gasteiger partial charge in [0.1, 0.15) is 0 Å². The maximum absolute atomic E-state index is 12.5. The normalized spacial score (nSPS) is 23.2. The van der Waals surface area contributed by atoms with E-state index in [4.69, 9.17) is 0 Å². The molecule has 0 aromatic heterocycles. The molecule has 1 aliphatic heterocycles. The zero-order valence-electron chi connectivity index (χ0n) is 11.1. The minimum absolute atomic E-state index is 0.0463. The van der Waals surface area contributed by atoms with E-state index >= 15 is 0 Å². The molecule has 0 amide bonds. The Balaban J connectivity index is 2.81. The molecule has 102 valence electrons. The van der Waals surface area contributed by atoms with Crippen molar-refractivity contribution in [2.24, 2.45) is 0 Å². The molecule has 1 atom stereocenters. The van der Waals surface area contributed by atoms with Gasteiger partial charge < -0.3 is 5.32 Å². The summed E-state index contributed by atoms with van der Waals surface area (Å²) >= 11 is 0. The molecule has 0 aromatic rings. The summed E-state index contributed by atoms with van der Waals surface area (Å²) in [6.07, 6.45) is 1.72. The molecule has 1 N–H and O–H groups in total. The number of rotatable bonds is 6. The van der Waals surface area contributed by atoms with Crippen molar-refractivity contribution in [3.63, 3.8) is 0 Å². The van der Waals surface area contributed by atoms with Crippen molar-refractivity contribution in [1.29, 1.82) is 0 Å². The first-order chi connectivity index (χ1) is 8.04. The van der Waals surface area contributed by atoms with Crippen molar-refractivity contribution in [3.8, 4) is 0 Å². The van der Waals surface area contributed by atoms with Gasteiger partial charge in [0.2, 0.25) is 0 Å². The van der Waals surface area contributed by atoms with Gasteiger partial charge in [0.05, 0.1) is 0 Å². The van der Waals surface area contributed by atoms with E-state index in [1.807, 2.05) is 20.8 Å². The molecule has 1 saturated heterocycles. The largest absolute Gasteiger partial charge is 0.314 e.